The van der Waals surface area contributed by atoms with Crippen LogP contribution in [0.4, 0.5) is 10.5 Å². The predicted molar refractivity (Wildman–Crippen MR) is 92.5 cm³/mol. The van der Waals surface area contributed by atoms with Gasteiger partial charge in [0.15, 0.2) is 9.84 Å². The number of amides is 2. The van der Waals surface area contributed by atoms with Crippen LogP contribution in [0.15, 0.2) is 24.3 Å². The van der Waals surface area contributed by atoms with E-state index in [2.05, 4.69) is 5.32 Å². The van der Waals surface area contributed by atoms with Crippen LogP contribution in [0.2, 0.25) is 0 Å². The first kappa shape index (κ1) is 17.7. The van der Waals surface area contributed by atoms with Crippen LogP contribution in [0.3, 0.4) is 0 Å². The Balaban J connectivity index is 2.09. The van der Waals surface area contributed by atoms with Crippen molar-refractivity contribution < 1.29 is 13.2 Å². The van der Waals surface area contributed by atoms with Crippen LogP contribution >= 0.6 is 0 Å². The summed E-state index contributed by atoms with van der Waals surface area (Å²) >= 11 is 0. The number of nitrogens with one attached hydrogen (secondary N) is 1. The maximum absolute atomic E-state index is 12.6. The molecule has 7 heteroatoms. The molecule has 0 aliphatic carbocycles. The minimum atomic E-state index is -3.03. The highest BCUT2D eigenvalue weighted by atomic mass is 32.2. The molecule has 0 aromatic heterocycles. The minimum absolute atomic E-state index is 0.0573. The standard InChI is InChI=1S/C16H25N3O3S/c1-13-4-6-14(7-5-13)17-16(20)19(10-9-18(2)3)15-8-11-23(21,22)12-15/h4-7,15H,8-12H2,1-3H3,(H,17,20)/t15-/m1/s1. The molecule has 1 fully saturated rings. The van der Waals surface area contributed by atoms with Crippen molar-refractivity contribution >= 4 is 21.6 Å². The predicted octanol–water partition coefficient (Wildman–Crippen LogP) is 1.58. The molecule has 2 rings (SSSR count). The fraction of sp³-hybridized carbons (Fsp3) is 0.562. The third kappa shape index (κ3) is 5.21. The summed E-state index contributed by atoms with van der Waals surface area (Å²) in [4.78, 5) is 16.2. The largest absolute Gasteiger partial charge is 0.322 e. The lowest BCUT2D eigenvalue weighted by Crippen LogP contribution is -2.46. The molecule has 0 saturated carbocycles. The highest BCUT2D eigenvalue weighted by Crippen LogP contribution is 2.19. The van der Waals surface area contributed by atoms with Crippen molar-refractivity contribution in [3.8, 4) is 0 Å². The maximum Gasteiger partial charge on any atom is 0.322 e. The lowest BCUT2D eigenvalue weighted by molar-refractivity contribution is 0.186. The van der Waals surface area contributed by atoms with E-state index in [4.69, 9.17) is 0 Å². The van der Waals surface area contributed by atoms with Crippen LogP contribution in [-0.2, 0) is 9.84 Å². The average Bonchev–Trinajstić information content (AvgIpc) is 2.81. The number of carbonyl (C=O) groups excluding carboxylic acids is 1. The van der Waals surface area contributed by atoms with E-state index < -0.39 is 9.84 Å². The number of anilines is 1. The second-order valence-corrected chi connectivity index (χ2v) is 8.58. The van der Waals surface area contributed by atoms with Crippen LogP contribution < -0.4 is 5.32 Å². The fourth-order valence-corrected chi connectivity index (χ4v) is 4.34. The molecule has 0 radical (unpaired) electrons. The number of aryl methyl sites for hydroxylation is 1. The summed E-state index contributed by atoms with van der Waals surface area (Å²) in [5.74, 6) is 0.218. The molecule has 2 amide bonds. The van der Waals surface area contributed by atoms with Gasteiger partial charge in [-0.05, 0) is 39.6 Å². The summed E-state index contributed by atoms with van der Waals surface area (Å²) in [6.07, 6.45) is 0.511. The third-order valence-electron chi connectivity index (χ3n) is 4.00. The molecule has 1 N–H and O–H groups in total. The van der Waals surface area contributed by atoms with Gasteiger partial charge in [0.2, 0.25) is 0 Å². The Labute approximate surface area is 138 Å². The lowest BCUT2D eigenvalue weighted by Gasteiger charge is -2.29. The molecule has 0 unspecified atom stereocenters. The smallest absolute Gasteiger partial charge is 0.319 e. The van der Waals surface area contributed by atoms with E-state index in [9.17, 15) is 13.2 Å². The molecule has 0 bridgehead atoms. The molecule has 0 spiro atoms. The van der Waals surface area contributed by atoms with Gasteiger partial charge in [0.25, 0.3) is 0 Å². The lowest BCUT2D eigenvalue weighted by atomic mass is 10.2. The monoisotopic (exact) mass is 339 g/mol. The van der Waals surface area contributed by atoms with Crippen molar-refractivity contribution in [2.45, 2.75) is 19.4 Å². The van der Waals surface area contributed by atoms with Gasteiger partial charge < -0.3 is 15.1 Å². The van der Waals surface area contributed by atoms with Crippen molar-refractivity contribution in [1.29, 1.82) is 0 Å². The molecule has 1 atom stereocenters. The number of sulfone groups is 1. The first-order valence-corrected chi connectivity index (χ1v) is 9.58. The highest BCUT2D eigenvalue weighted by Gasteiger charge is 2.34. The van der Waals surface area contributed by atoms with Crippen molar-refractivity contribution in [2.24, 2.45) is 0 Å². The first-order chi connectivity index (χ1) is 10.8. The molecule has 128 valence electrons. The summed E-state index contributed by atoms with van der Waals surface area (Å²) in [5, 5.41) is 2.87. The zero-order chi connectivity index (χ0) is 17.0. The quantitative estimate of drug-likeness (QED) is 0.884. The number of nitrogens with zero attached hydrogens (tertiary/aromatic N) is 2. The maximum atomic E-state index is 12.6. The number of urea groups is 1. The SMILES string of the molecule is Cc1ccc(NC(=O)N(CCN(C)C)[C@@H]2CCS(=O)(=O)C2)cc1. The number of rotatable bonds is 5. The second-order valence-electron chi connectivity index (χ2n) is 6.35. The molecule has 1 heterocycles. The van der Waals surface area contributed by atoms with E-state index >= 15 is 0 Å². The fourth-order valence-electron chi connectivity index (χ4n) is 2.61. The molecule has 1 aliphatic heterocycles. The Morgan fingerprint density at radius 1 is 1.22 bits per heavy atom. The Kier molecular flexibility index (Phi) is 5.64. The number of hydrogen-bond donors (Lipinski definition) is 1. The normalized spacial score (nSPS) is 19.7. The Bertz CT molecular complexity index is 641. The van der Waals surface area contributed by atoms with Crippen LogP contribution in [0.1, 0.15) is 12.0 Å². The van der Waals surface area contributed by atoms with E-state index in [1.807, 2.05) is 50.2 Å². The second kappa shape index (κ2) is 7.31. The Morgan fingerprint density at radius 2 is 1.87 bits per heavy atom. The molecular weight excluding hydrogens is 314 g/mol. The van der Waals surface area contributed by atoms with Gasteiger partial charge >= 0.3 is 6.03 Å². The molecule has 23 heavy (non-hydrogen) atoms. The number of benzene rings is 1. The number of carbonyl (C=O) groups is 1. The van der Waals surface area contributed by atoms with Crippen LogP contribution in [0.25, 0.3) is 0 Å². The highest BCUT2D eigenvalue weighted by molar-refractivity contribution is 7.91. The summed E-state index contributed by atoms with van der Waals surface area (Å²) < 4.78 is 23.5. The Morgan fingerprint density at radius 3 is 2.39 bits per heavy atom. The van der Waals surface area contributed by atoms with Gasteiger partial charge in [0, 0.05) is 24.8 Å². The van der Waals surface area contributed by atoms with Crippen molar-refractivity contribution in [2.75, 3.05) is 44.0 Å². The van der Waals surface area contributed by atoms with E-state index in [1.54, 1.807) is 4.90 Å². The van der Waals surface area contributed by atoms with E-state index in [0.29, 0.717) is 19.5 Å². The number of hydrogen-bond acceptors (Lipinski definition) is 4. The van der Waals surface area contributed by atoms with Gasteiger partial charge in [-0.2, -0.15) is 0 Å². The summed E-state index contributed by atoms with van der Waals surface area (Å²) in [7, 11) is 0.838. The van der Waals surface area contributed by atoms with Crippen molar-refractivity contribution in [1.82, 2.24) is 9.80 Å². The van der Waals surface area contributed by atoms with E-state index in [-0.39, 0.29) is 23.6 Å². The molecule has 1 aromatic rings. The zero-order valence-corrected chi connectivity index (χ0v) is 14.8. The topological polar surface area (TPSA) is 69.7 Å². The van der Waals surface area contributed by atoms with Gasteiger partial charge in [-0.1, -0.05) is 17.7 Å². The first-order valence-electron chi connectivity index (χ1n) is 7.76. The zero-order valence-electron chi connectivity index (χ0n) is 13.9. The molecule has 6 nitrogen and oxygen atoms in total. The van der Waals surface area contributed by atoms with Gasteiger partial charge in [0.05, 0.1) is 11.5 Å². The van der Waals surface area contributed by atoms with Crippen molar-refractivity contribution in [3.63, 3.8) is 0 Å². The van der Waals surface area contributed by atoms with Gasteiger partial charge in [0.1, 0.15) is 0 Å². The molecular formula is C16H25N3O3S. The third-order valence-corrected chi connectivity index (χ3v) is 5.75. The molecule has 1 saturated heterocycles. The van der Waals surface area contributed by atoms with Crippen molar-refractivity contribution in [3.05, 3.63) is 29.8 Å². The summed E-state index contributed by atoms with van der Waals surface area (Å²) in [5.41, 5.74) is 1.84. The summed E-state index contributed by atoms with van der Waals surface area (Å²) in [6.45, 7) is 3.18. The van der Waals surface area contributed by atoms with Gasteiger partial charge in [-0.15, -0.1) is 0 Å². The molecule has 1 aliphatic rings. The van der Waals surface area contributed by atoms with Crippen LogP contribution in [0.5, 0.6) is 0 Å². The Hall–Kier alpha value is -1.60. The van der Waals surface area contributed by atoms with Gasteiger partial charge in [-0.3, -0.25) is 0 Å². The summed E-state index contributed by atoms with van der Waals surface area (Å²) in [6, 6.07) is 7.08. The van der Waals surface area contributed by atoms with Gasteiger partial charge in [-0.25, -0.2) is 13.2 Å². The van der Waals surface area contributed by atoms with Crippen LogP contribution in [0, 0.1) is 6.92 Å². The van der Waals surface area contributed by atoms with E-state index in [0.717, 1.165) is 11.3 Å². The van der Waals surface area contributed by atoms with E-state index in [1.165, 1.54) is 0 Å². The molecule has 1 aromatic carbocycles. The van der Waals surface area contributed by atoms with Crippen LogP contribution in [-0.4, -0.2) is 69.0 Å². The minimum Gasteiger partial charge on any atom is -0.319 e. The number of likely N-dealkylation sites (N-methyl/N-ethyl adjacent to an activating group) is 1. The average molecular weight is 339 g/mol.